The Morgan fingerprint density at radius 2 is 2.15 bits per heavy atom. The molecule has 2 heterocycles. The third-order valence-electron chi connectivity index (χ3n) is 3.49. The van der Waals surface area contributed by atoms with Crippen molar-refractivity contribution in [2.24, 2.45) is 5.92 Å². The van der Waals surface area contributed by atoms with Crippen LogP contribution in [0, 0.1) is 5.92 Å². The molecule has 2 amide bonds. The largest absolute Gasteiger partial charge is 0.481 e. The van der Waals surface area contributed by atoms with E-state index in [2.05, 4.69) is 4.98 Å². The third kappa shape index (κ3) is 2.72. The molecule has 1 fully saturated rings. The number of carbonyl (C=O) groups excluding carboxylic acids is 1. The lowest BCUT2D eigenvalue weighted by Gasteiger charge is -2.30. The molecule has 1 aromatic heterocycles. The lowest BCUT2D eigenvalue weighted by atomic mass is 10.0. The minimum atomic E-state index is -0.948. The van der Waals surface area contributed by atoms with Crippen LogP contribution in [0.3, 0.4) is 0 Å². The zero-order valence-corrected chi connectivity index (χ0v) is 11.4. The highest BCUT2D eigenvalue weighted by molar-refractivity contribution is 5.91. The number of aliphatic carboxylic acids is 1. The Balaban J connectivity index is 2.10. The van der Waals surface area contributed by atoms with Gasteiger partial charge >= 0.3 is 12.0 Å². The highest BCUT2D eigenvalue weighted by Crippen LogP contribution is 2.21. The predicted octanol–water partition coefficient (Wildman–Crippen LogP) is 0.669. The van der Waals surface area contributed by atoms with E-state index >= 15 is 0 Å². The predicted molar refractivity (Wildman–Crippen MR) is 71.5 cm³/mol. The van der Waals surface area contributed by atoms with Crippen LogP contribution >= 0.6 is 0 Å². The summed E-state index contributed by atoms with van der Waals surface area (Å²) < 4.78 is 5.18. The Hall–Kier alpha value is -2.15. The maximum atomic E-state index is 12.4. The van der Waals surface area contributed by atoms with Gasteiger partial charge in [0, 0.05) is 20.3 Å². The van der Waals surface area contributed by atoms with Crippen LogP contribution in [0.4, 0.5) is 10.5 Å². The number of amides is 2. The van der Waals surface area contributed by atoms with Gasteiger partial charge in [-0.1, -0.05) is 0 Å². The number of hydrogen-bond donors (Lipinski definition) is 1. The van der Waals surface area contributed by atoms with E-state index < -0.39 is 17.9 Å². The summed E-state index contributed by atoms with van der Waals surface area (Å²) >= 11 is 0. The van der Waals surface area contributed by atoms with E-state index in [1.54, 1.807) is 38.6 Å². The van der Waals surface area contributed by atoms with Crippen LogP contribution in [-0.2, 0) is 9.53 Å². The number of aromatic nitrogens is 1. The molecule has 2 unspecified atom stereocenters. The fourth-order valence-corrected chi connectivity index (χ4v) is 2.20. The molecule has 0 aromatic carbocycles. The van der Waals surface area contributed by atoms with Crippen molar-refractivity contribution < 1.29 is 19.4 Å². The quantitative estimate of drug-likeness (QED) is 0.879. The van der Waals surface area contributed by atoms with Crippen molar-refractivity contribution >= 4 is 17.7 Å². The minimum Gasteiger partial charge on any atom is -0.481 e. The fraction of sp³-hybridized carbons (Fsp3) is 0.462. The van der Waals surface area contributed by atoms with Crippen molar-refractivity contribution in [3.63, 3.8) is 0 Å². The van der Waals surface area contributed by atoms with Crippen LogP contribution in [-0.4, -0.2) is 60.3 Å². The first kappa shape index (κ1) is 14.3. The second-order valence-corrected chi connectivity index (χ2v) is 4.71. The Kier molecular flexibility index (Phi) is 4.19. The first-order chi connectivity index (χ1) is 9.52. The van der Waals surface area contributed by atoms with Gasteiger partial charge in [-0.15, -0.1) is 0 Å². The zero-order chi connectivity index (χ0) is 14.7. The number of carbonyl (C=O) groups is 2. The number of hydrogen-bond acceptors (Lipinski definition) is 4. The summed E-state index contributed by atoms with van der Waals surface area (Å²) in [4.78, 5) is 30.3. The first-order valence-electron chi connectivity index (χ1n) is 6.23. The summed E-state index contributed by atoms with van der Waals surface area (Å²) in [5, 5.41) is 9.13. The van der Waals surface area contributed by atoms with Crippen LogP contribution in [0.5, 0.6) is 0 Å². The maximum Gasteiger partial charge on any atom is 0.324 e. The average molecular weight is 279 g/mol. The van der Waals surface area contributed by atoms with Crippen LogP contribution in [0.25, 0.3) is 0 Å². The zero-order valence-electron chi connectivity index (χ0n) is 11.4. The average Bonchev–Trinajstić information content (AvgIpc) is 2.95. The lowest BCUT2D eigenvalue weighted by molar-refractivity contribution is -0.142. The molecule has 20 heavy (non-hydrogen) atoms. The monoisotopic (exact) mass is 279 g/mol. The van der Waals surface area contributed by atoms with Gasteiger partial charge in [-0.25, -0.2) is 4.79 Å². The van der Waals surface area contributed by atoms with Crippen molar-refractivity contribution in [3.05, 3.63) is 24.5 Å². The summed E-state index contributed by atoms with van der Waals surface area (Å²) in [6.45, 7) is 0.369. The SMILES string of the molecule is CN(C(=O)N(C)C1COCC1C(=O)O)c1cccnc1. The van der Waals surface area contributed by atoms with Crippen molar-refractivity contribution in [2.75, 3.05) is 32.2 Å². The van der Waals surface area contributed by atoms with Gasteiger partial charge in [-0.05, 0) is 12.1 Å². The molecule has 2 atom stereocenters. The highest BCUT2D eigenvalue weighted by atomic mass is 16.5. The van der Waals surface area contributed by atoms with Crippen LogP contribution in [0.15, 0.2) is 24.5 Å². The van der Waals surface area contributed by atoms with Crippen molar-refractivity contribution in [1.82, 2.24) is 9.88 Å². The van der Waals surface area contributed by atoms with Crippen molar-refractivity contribution in [1.29, 1.82) is 0 Å². The molecule has 0 aliphatic carbocycles. The van der Waals surface area contributed by atoms with Gasteiger partial charge in [-0.3, -0.25) is 14.7 Å². The summed E-state index contributed by atoms with van der Waals surface area (Å²) in [5.41, 5.74) is 0.648. The standard InChI is InChI=1S/C13H17N3O4/c1-15(9-4-3-5-14-6-9)13(19)16(2)11-8-20-7-10(11)12(17)18/h3-6,10-11H,7-8H2,1-2H3,(H,17,18). The van der Waals surface area contributed by atoms with Crippen LogP contribution in [0.2, 0.25) is 0 Å². The molecule has 108 valence electrons. The molecule has 1 aliphatic rings. The van der Waals surface area contributed by atoms with Gasteiger partial charge in [0.2, 0.25) is 0 Å². The maximum absolute atomic E-state index is 12.4. The molecular formula is C13H17N3O4. The summed E-state index contributed by atoms with van der Waals surface area (Å²) in [6, 6.07) is 2.75. The number of rotatable bonds is 3. The number of nitrogens with zero attached hydrogens (tertiary/aromatic N) is 3. The molecule has 2 rings (SSSR count). The van der Waals surface area contributed by atoms with Gasteiger partial charge in [0.1, 0.15) is 5.92 Å². The van der Waals surface area contributed by atoms with Gasteiger partial charge in [0.05, 0.1) is 31.1 Å². The topological polar surface area (TPSA) is 83.0 Å². The van der Waals surface area contributed by atoms with Crippen LogP contribution in [0.1, 0.15) is 0 Å². The third-order valence-corrected chi connectivity index (χ3v) is 3.49. The van der Waals surface area contributed by atoms with Crippen molar-refractivity contribution in [3.8, 4) is 0 Å². The van der Waals surface area contributed by atoms with Crippen molar-refractivity contribution in [2.45, 2.75) is 6.04 Å². The number of pyridine rings is 1. The molecule has 0 bridgehead atoms. The van der Waals surface area contributed by atoms with E-state index in [0.717, 1.165) is 0 Å². The molecule has 1 N–H and O–H groups in total. The molecule has 1 aromatic rings. The number of ether oxygens (including phenoxy) is 1. The Morgan fingerprint density at radius 1 is 1.40 bits per heavy atom. The van der Waals surface area contributed by atoms with E-state index in [9.17, 15) is 9.59 Å². The van der Waals surface area contributed by atoms with Gasteiger partial charge < -0.3 is 14.7 Å². The van der Waals surface area contributed by atoms with E-state index in [1.807, 2.05) is 0 Å². The van der Waals surface area contributed by atoms with E-state index in [4.69, 9.17) is 9.84 Å². The molecule has 0 saturated carbocycles. The van der Waals surface area contributed by atoms with Gasteiger partial charge in [0.15, 0.2) is 0 Å². The van der Waals surface area contributed by atoms with Gasteiger partial charge in [0.25, 0.3) is 0 Å². The second kappa shape index (κ2) is 5.87. The Labute approximate surface area is 116 Å². The molecule has 0 radical (unpaired) electrons. The minimum absolute atomic E-state index is 0.133. The smallest absolute Gasteiger partial charge is 0.324 e. The number of carboxylic acid groups (broad SMARTS) is 1. The molecule has 7 heteroatoms. The van der Waals surface area contributed by atoms with Gasteiger partial charge in [-0.2, -0.15) is 0 Å². The van der Waals surface area contributed by atoms with E-state index in [0.29, 0.717) is 5.69 Å². The Morgan fingerprint density at radius 3 is 2.75 bits per heavy atom. The lowest BCUT2D eigenvalue weighted by Crippen LogP contribution is -2.49. The molecule has 7 nitrogen and oxygen atoms in total. The van der Waals surface area contributed by atoms with E-state index in [-0.39, 0.29) is 19.2 Å². The normalized spacial score (nSPS) is 21.5. The Bertz CT molecular complexity index is 494. The molecule has 1 aliphatic heterocycles. The molecule has 0 spiro atoms. The first-order valence-corrected chi connectivity index (χ1v) is 6.23. The van der Waals surface area contributed by atoms with E-state index in [1.165, 1.54) is 9.80 Å². The number of urea groups is 1. The fourth-order valence-electron chi connectivity index (χ4n) is 2.20. The molecular weight excluding hydrogens is 262 g/mol. The highest BCUT2D eigenvalue weighted by Gasteiger charge is 2.39. The molecule has 1 saturated heterocycles. The number of likely N-dealkylation sites (N-methyl/N-ethyl adjacent to an activating group) is 1. The number of carboxylic acids is 1. The summed E-state index contributed by atoms with van der Waals surface area (Å²) in [7, 11) is 3.21. The summed E-state index contributed by atoms with van der Waals surface area (Å²) in [5.74, 6) is -1.64. The summed E-state index contributed by atoms with van der Waals surface area (Å²) in [6.07, 6.45) is 3.20. The second-order valence-electron chi connectivity index (χ2n) is 4.71. The number of anilines is 1. The van der Waals surface area contributed by atoms with Crippen LogP contribution < -0.4 is 4.90 Å².